The molecule has 0 heterocycles. The first kappa shape index (κ1) is 19.0. The van der Waals surface area contributed by atoms with E-state index in [1.165, 1.54) is 31.2 Å². The topological polar surface area (TPSA) is 108 Å². The highest BCUT2D eigenvalue weighted by Gasteiger charge is 2.19. The van der Waals surface area contributed by atoms with Crippen molar-refractivity contribution in [3.8, 4) is 11.5 Å². The van der Waals surface area contributed by atoms with Gasteiger partial charge in [0, 0.05) is 18.9 Å². The monoisotopic (exact) mass is 356 g/mol. The highest BCUT2D eigenvalue weighted by atomic mass is 16.5. The number of carbonyl (C=O) groups excluding carboxylic acids is 3. The molecule has 3 N–H and O–H groups in total. The minimum atomic E-state index is -0.857. The Morgan fingerprint density at radius 2 is 1.58 bits per heavy atom. The van der Waals surface area contributed by atoms with Crippen LogP contribution in [0.4, 0.5) is 0 Å². The Morgan fingerprint density at radius 1 is 1.00 bits per heavy atom. The molecule has 0 aliphatic rings. The van der Waals surface area contributed by atoms with Gasteiger partial charge >= 0.3 is 5.97 Å². The second-order valence-corrected chi connectivity index (χ2v) is 5.60. The van der Waals surface area contributed by atoms with E-state index >= 15 is 0 Å². The molecular formula is C19H20N2O5. The summed E-state index contributed by atoms with van der Waals surface area (Å²) >= 11 is 0. The number of methoxy groups -OCH3 is 1. The van der Waals surface area contributed by atoms with E-state index < -0.39 is 23.8 Å². The Bertz CT molecular complexity index is 785. The van der Waals surface area contributed by atoms with Crippen molar-refractivity contribution in [2.24, 2.45) is 5.73 Å². The molecule has 0 unspecified atom stereocenters. The maximum atomic E-state index is 12.3. The molecule has 0 radical (unpaired) electrons. The van der Waals surface area contributed by atoms with Crippen molar-refractivity contribution in [3.05, 3.63) is 59.7 Å². The van der Waals surface area contributed by atoms with E-state index in [1.54, 1.807) is 31.4 Å². The molecule has 0 fully saturated rings. The quantitative estimate of drug-likeness (QED) is 0.577. The summed E-state index contributed by atoms with van der Waals surface area (Å²) in [5.41, 5.74) is 6.56. The molecule has 0 saturated carbocycles. The van der Waals surface area contributed by atoms with E-state index in [2.05, 4.69) is 5.32 Å². The van der Waals surface area contributed by atoms with Gasteiger partial charge < -0.3 is 20.5 Å². The average molecular weight is 356 g/mol. The van der Waals surface area contributed by atoms with Gasteiger partial charge in [0.2, 0.25) is 5.91 Å². The van der Waals surface area contributed by atoms with Gasteiger partial charge in [-0.15, -0.1) is 0 Å². The van der Waals surface area contributed by atoms with Gasteiger partial charge in [-0.25, -0.2) is 0 Å². The molecule has 2 amide bonds. The smallest absolute Gasteiger partial charge is 0.308 e. The van der Waals surface area contributed by atoms with E-state index in [1.807, 2.05) is 0 Å². The van der Waals surface area contributed by atoms with E-state index in [0.717, 1.165) is 5.56 Å². The number of esters is 1. The number of nitrogens with one attached hydrogen (secondary N) is 1. The van der Waals surface area contributed by atoms with Crippen LogP contribution in [0.3, 0.4) is 0 Å². The Balaban J connectivity index is 2.04. The van der Waals surface area contributed by atoms with E-state index in [0.29, 0.717) is 17.1 Å². The number of hydrogen-bond acceptors (Lipinski definition) is 5. The number of nitrogens with two attached hydrogens (primary N) is 1. The van der Waals surface area contributed by atoms with Crippen LogP contribution in [-0.4, -0.2) is 30.9 Å². The van der Waals surface area contributed by atoms with Gasteiger partial charge in [-0.3, -0.25) is 14.4 Å². The molecule has 136 valence electrons. The fraction of sp³-hybridized carbons (Fsp3) is 0.211. The molecule has 7 nitrogen and oxygen atoms in total. The zero-order chi connectivity index (χ0) is 19.1. The lowest BCUT2D eigenvalue weighted by molar-refractivity contribution is -0.131. The summed E-state index contributed by atoms with van der Waals surface area (Å²) in [7, 11) is 1.56. The molecule has 0 aliphatic heterocycles. The molecule has 0 saturated heterocycles. The van der Waals surface area contributed by atoms with Gasteiger partial charge in [-0.1, -0.05) is 12.1 Å². The van der Waals surface area contributed by atoms with Crippen LogP contribution < -0.4 is 20.5 Å². The van der Waals surface area contributed by atoms with E-state index in [4.69, 9.17) is 15.2 Å². The largest absolute Gasteiger partial charge is 0.497 e. The third kappa shape index (κ3) is 5.34. The van der Waals surface area contributed by atoms with Gasteiger partial charge in [0.25, 0.3) is 5.91 Å². The second kappa shape index (κ2) is 8.66. The molecular weight excluding hydrogens is 336 g/mol. The van der Waals surface area contributed by atoms with E-state index in [-0.39, 0.29) is 6.42 Å². The van der Waals surface area contributed by atoms with Crippen LogP contribution in [0.5, 0.6) is 11.5 Å². The number of carbonyl (C=O) groups is 3. The number of primary amides is 1. The van der Waals surface area contributed by atoms with E-state index in [9.17, 15) is 14.4 Å². The second-order valence-electron chi connectivity index (χ2n) is 5.60. The van der Waals surface area contributed by atoms with Crippen LogP contribution in [0.15, 0.2) is 48.5 Å². The first-order chi connectivity index (χ1) is 12.4. The first-order valence-corrected chi connectivity index (χ1v) is 7.90. The van der Waals surface area contributed by atoms with Crippen molar-refractivity contribution in [2.45, 2.75) is 19.4 Å². The SMILES string of the molecule is COc1ccc(C[C@H](NC(=O)c2ccc(OC(C)=O)cc2)C(N)=O)cc1. The Morgan fingerprint density at radius 3 is 2.08 bits per heavy atom. The van der Waals surface area contributed by atoms with Crippen LogP contribution in [0.1, 0.15) is 22.8 Å². The summed E-state index contributed by atoms with van der Waals surface area (Å²) in [6.07, 6.45) is 0.261. The van der Waals surface area contributed by atoms with Gasteiger partial charge in [-0.2, -0.15) is 0 Å². The van der Waals surface area contributed by atoms with Crippen molar-refractivity contribution in [1.82, 2.24) is 5.32 Å². The first-order valence-electron chi connectivity index (χ1n) is 7.90. The summed E-state index contributed by atoms with van der Waals surface area (Å²) in [6, 6.07) is 12.3. The molecule has 0 spiro atoms. The third-order valence-corrected chi connectivity index (χ3v) is 3.63. The number of amides is 2. The molecule has 2 rings (SSSR count). The summed E-state index contributed by atoms with van der Waals surface area (Å²) in [6.45, 7) is 1.29. The Hall–Kier alpha value is -3.35. The molecule has 0 bridgehead atoms. The highest BCUT2D eigenvalue weighted by Crippen LogP contribution is 2.14. The Kier molecular flexibility index (Phi) is 6.32. The molecule has 7 heteroatoms. The zero-order valence-corrected chi connectivity index (χ0v) is 14.5. The molecule has 0 aromatic heterocycles. The van der Waals surface area contributed by atoms with Crippen LogP contribution in [0.2, 0.25) is 0 Å². The highest BCUT2D eigenvalue weighted by molar-refractivity contribution is 5.97. The predicted octanol–water partition coefficient (Wildman–Crippen LogP) is 1.45. The van der Waals surface area contributed by atoms with Crippen molar-refractivity contribution in [2.75, 3.05) is 7.11 Å². The molecule has 2 aromatic rings. The molecule has 2 aromatic carbocycles. The standard InChI is InChI=1S/C19H20N2O5/c1-12(22)26-16-9-5-14(6-10-16)19(24)21-17(18(20)23)11-13-3-7-15(25-2)8-4-13/h3-10,17H,11H2,1-2H3,(H2,20,23)(H,21,24)/t17-/m0/s1. The number of hydrogen-bond donors (Lipinski definition) is 2. The van der Waals surface area contributed by atoms with Gasteiger partial charge in [0.05, 0.1) is 7.11 Å². The lowest BCUT2D eigenvalue weighted by Gasteiger charge is -2.16. The number of benzene rings is 2. The summed E-state index contributed by atoms with van der Waals surface area (Å²) in [5, 5.41) is 2.62. The van der Waals surface area contributed by atoms with Gasteiger partial charge in [0.15, 0.2) is 0 Å². The normalized spacial score (nSPS) is 11.3. The van der Waals surface area contributed by atoms with Crippen LogP contribution in [-0.2, 0) is 16.0 Å². The Labute approximate surface area is 151 Å². The van der Waals surface area contributed by atoms with Crippen LogP contribution >= 0.6 is 0 Å². The van der Waals surface area contributed by atoms with Crippen LogP contribution in [0, 0.1) is 0 Å². The van der Waals surface area contributed by atoms with Crippen LogP contribution in [0.25, 0.3) is 0 Å². The molecule has 1 atom stereocenters. The number of ether oxygens (including phenoxy) is 2. The summed E-state index contributed by atoms with van der Waals surface area (Å²) in [4.78, 5) is 34.9. The summed E-state index contributed by atoms with van der Waals surface area (Å²) < 4.78 is 10.00. The molecule has 26 heavy (non-hydrogen) atoms. The fourth-order valence-corrected chi connectivity index (χ4v) is 2.30. The van der Waals surface area contributed by atoms with Crippen molar-refractivity contribution in [3.63, 3.8) is 0 Å². The van der Waals surface area contributed by atoms with Crippen molar-refractivity contribution < 1.29 is 23.9 Å². The van der Waals surface area contributed by atoms with Crippen molar-refractivity contribution >= 4 is 17.8 Å². The van der Waals surface area contributed by atoms with Crippen molar-refractivity contribution in [1.29, 1.82) is 0 Å². The maximum absolute atomic E-state index is 12.3. The minimum absolute atomic E-state index is 0.261. The lowest BCUT2D eigenvalue weighted by Crippen LogP contribution is -2.45. The average Bonchev–Trinajstić information content (AvgIpc) is 2.61. The predicted molar refractivity (Wildman–Crippen MR) is 94.9 cm³/mol. The fourth-order valence-electron chi connectivity index (χ4n) is 2.30. The molecule has 0 aliphatic carbocycles. The zero-order valence-electron chi connectivity index (χ0n) is 14.5. The summed E-state index contributed by atoms with van der Waals surface area (Å²) in [5.74, 6) is -0.502. The number of rotatable bonds is 7. The lowest BCUT2D eigenvalue weighted by atomic mass is 10.0. The third-order valence-electron chi connectivity index (χ3n) is 3.63. The minimum Gasteiger partial charge on any atom is -0.497 e. The maximum Gasteiger partial charge on any atom is 0.308 e. The van der Waals surface area contributed by atoms with Gasteiger partial charge in [-0.05, 0) is 42.0 Å². The van der Waals surface area contributed by atoms with Gasteiger partial charge in [0.1, 0.15) is 17.5 Å².